The van der Waals surface area contributed by atoms with Crippen LogP contribution in [0.2, 0.25) is 0 Å². The topological polar surface area (TPSA) is 78.0 Å². The van der Waals surface area contributed by atoms with Gasteiger partial charge in [0.15, 0.2) is 12.3 Å². The highest BCUT2D eigenvalue weighted by Gasteiger charge is 2.14. The molecule has 0 saturated heterocycles. The Labute approximate surface area is 142 Å². The maximum absolute atomic E-state index is 12.3. The summed E-state index contributed by atoms with van der Waals surface area (Å²) in [7, 11) is 0. The fourth-order valence-corrected chi connectivity index (χ4v) is 3.17. The fourth-order valence-electron chi connectivity index (χ4n) is 1.95. The van der Waals surface area contributed by atoms with E-state index >= 15 is 0 Å². The predicted molar refractivity (Wildman–Crippen MR) is 92.3 cm³/mol. The molecule has 0 spiro atoms. The summed E-state index contributed by atoms with van der Waals surface area (Å²) in [5, 5.41) is 7.41. The standard InChI is InChI=1S/C15H16FN3O2S2/c1-3-21-15(20)13-7-14(9(2)18-13)22-11-4-5-12(19-23-16)10(6-11)8-17/h4-8,17-19H,3H2,1-2H3. The molecule has 2 rings (SSSR count). The number of H-pyrrole nitrogens is 1. The Morgan fingerprint density at radius 2 is 2.26 bits per heavy atom. The number of nitrogens with one attached hydrogen (secondary N) is 3. The van der Waals surface area contributed by atoms with E-state index in [-0.39, 0.29) is 18.3 Å². The summed E-state index contributed by atoms with van der Waals surface area (Å²) in [6.07, 6.45) is 1.16. The van der Waals surface area contributed by atoms with Crippen molar-refractivity contribution in [3.05, 3.63) is 41.2 Å². The summed E-state index contributed by atoms with van der Waals surface area (Å²) in [6, 6.07) is 7.06. The van der Waals surface area contributed by atoms with E-state index < -0.39 is 0 Å². The van der Waals surface area contributed by atoms with Gasteiger partial charge in [-0.1, -0.05) is 11.8 Å². The minimum Gasteiger partial charge on any atom is -0.461 e. The van der Waals surface area contributed by atoms with E-state index in [0.29, 0.717) is 23.6 Å². The number of benzene rings is 1. The second kappa shape index (κ2) is 8.07. The first kappa shape index (κ1) is 17.4. The number of halogens is 1. The normalized spacial score (nSPS) is 10.4. The molecule has 0 saturated carbocycles. The average Bonchev–Trinajstić information content (AvgIpc) is 2.90. The SMILES string of the molecule is CCOC(=O)c1cc(Sc2ccc(NSF)c(C=N)c2)c(C)[nH]1. The smallest absolute Gasteiger partial charge is 0.354 e. The number of ether oxygens (including phenoxy) is 1. The molecule has 1 aromatic carbocycles. The average molecular weight is 353 g/mol. The van der Waals surface area contributed by atoms with Gasteiger partial charge in [-0.3, -0.25) is 0 Å². The summed E-state index contributed by atoms with van der Waals surface area (Å²) in [5.41, 5.74) is 2.39. The van der Waals surface area contributed by atoms with Gasteiger partial charge in [0, 0.05) is 27.3 Å². The van der Waals surface area contributed by atoms with Crippen LogP contribution in [0.1, 0.15) is 28.7 Å². The lowest BCUT2D eigenvalue weighted by Crippen LogP contribution is -2.04. The van der Waals surface area contributed by atoms with Crippen LogP contribution < -0.4 is 4.72 Å². The van der Waals surface area contributed by atoms with E-state index in [9.17, 15) is 8.68 Å². The van der Waals surface area contributed by atoms with Crippen molar-refractivity contribution in [3.63, 3.8) is 0 Å². The number of aromatic amines is 1. The highest BCUT2D eigenvalue weighted by Crippen LogP contribution is 2.33. The van der Waals surface area contributed by atoms with Crippen molar-refractivity contribution in [3.8, 4) is 0 Å². The van der Waals surface area contributed by atoms with Crippen LogP contribution in [0.15, 0.2) is 34.1 Å². The van der Waals surface area contributed by atoms with Crippen molar-refractivity contribution in [2.45, 2.75) is 23.6 Å². The van der Waals surface area contributed by atoms with Gasteiger partial charge < -0.3 is 19.9 Å². The molecular formula is C15H16FN3O2S2. The number of aromatic nitrogens is 1. The molecule has 0 aliphatic carbocycles. The molecule has 122 valence electrons. The molecule has 0 bridgehead atoms. The molecule has 0 aliphatic heterocycles. The molecule has 1 aromatic heterocycles. The lowest BCUT2D eigenvalue weighted by atomic mass is 10.2. The van der Waals surface area contributed by atoms with Crippen LogP contribution in [0.5, 0.6) is 0 Å². The highest BCUT2D eigenvalue weighted by molar-refractivity contribution is 7.99. The number of hydrogen-bond acceptors (Lipinski definition) is 6. The second-order valence-electron chi connectivity index (χ2n) is 4.57. The molecule has 0 fully saturated rings. The molecule has 5 nitrogen and oxygen atoms in total. The molecule has 0 radical (unpaired) electrons. The maximum Gasteiger partial charge on any atom is 0.354 e. The van der Waals surface area contributed by atoms with Gasteiger partial charge in [-0.2, -0.15) is 0 Å². The first-order chi connectivity index (χ1) is 11.1. The van der Waals surface area contributed by atoms with Gasteiger partial charge in [0.05, 0.1) is 12.3 Å². The molecule has 1 heterocycles. The van der Waals surface area contributed by atoms with Gasteiger partial charge in [0.25, 0.3) is 0 Å². The van der Waals surface area contributed by atoms with Crippen LogP contribution in [0.3, 0.4) is 0 Å². The number of rotatable bonds is 7. The number of carbonyl (C=O) groups excluding carboxylic acids is 1. The molecule has 3 N–H and O–H groups in total. The van der Waals surface area contributed by atoms with Crippen molar-refractivity contribution in [1.82, 2.24) is 4.98 Å². The minimum absolute atomic E-state index is 0.00883. The molecular weight excluding hydrogens is 337 g/mol. The van der Waals surface area contributed by atoms with Gasteiger partial charge in [-0.05, 0) is 38.1 Å². The number of esters is 1. The number of hydrogen-bond donors (Lipinski definition) is 3. The summed E-state index contributed by atoms with van der Waals surface area (Å²) in [4.78, 5) is 16.5. The number of aryl methyl sites for hydroxylation is 1. The van der Waals surface area contributed by atoms with Crippen LogP contribution in [0, 0.1) is 12.3 Å². The largest absolute Gasteiger partial charge is 0.461 e. The van der Waals surface area contributed by atoms with Crippen molar-refractivity contribution in [2.75, 3.05) is 11.3 Å². The molecule has 0 unspecified atom stereocenters. The van der Waals surface area contributed by atoms with Crippen LogP contribution in [-0.2, 0) is 4.74 Å². The quantitative estimate of drug-likeness (QED) is 0.385. The predicted octanol–water partition coefficient (Wildman–Crippen LogP) is 4.59. The zero-order valence-corrected chi connectivity index (χ0v) is 14.2. The maximum atomic E-state index is 12.3. The Morgan fingerprint density at radius 1 is 1.48 bits per heavy atom. The van der Waals surface area contributed by atoms with Gasteiger partial charge >= 0.3 is 5.97 Å². The zero-order valence-electron chi connectivity index (χ0n) is 12.6. The monoisotopic (exact) mass is 353 g/mol. The number of anilines is 1. The first-order valence-electron chi connectivity index (χ1n) is 6.81. The lowest BCUT2D eigenvalue weighted by Gasteiger charge is -2.07. The van der Waals surface area contributed by atoms with Gasteiger partial charge in [0.1, 0.15) is 5.69 Å². The Hall–Kier alpha value is -1.93. The fraction of sp³-hybridized carbons (Fsp3) is 0.200. The van der Waals surface area contributed by atoms with E-state index in [1.54, 1.807) is 25.1 Å². The molecule has 0 amide bonds. The van der Waals surface area contributed by atoms with E-state index in [1.807, 2.05) is 13.0 Å². The lowest BCUT2D eigenvalue weighted by molar-refractivity contribution is 0.0520. The Kier molecular flexibility index (Phi) is 6.12. The van der Waals surface area contributed by atoms with E-state index in [0.717, 1.165) is 21.7 Å². The third-order valence-electron chi connectivity index (χ3n) is 3.02. The van der Waals surface area contributed by atoms with Crippen molar-refractivity contribution >= 4 is 42.0 Å². The first-order valence-corrected chi connectivity index (χ1v) is 8.35. The molecule has 2 aromatic rings. The van der Waals surface area contributed by atoms with Crippen LogP contribution >= 0.6 is 24.1 Å². The summed E-state index contributed by atoms with van der Waals surface area (Å²) >= 11 is 1.45. The summed E-state index contributed by atoms with van der Waals surface area (Å²) in [5.74, 6) is -0.387. The molecule has 23 heavy (non-hydrogen) atoms. The summed E-state index contributed by atoms with van der Waals surface area (Å²) in [6.45, 7) is 3.95. The molecule has 8 heteroatoms. The van der Waals surface area contributed by atoms with Crippen molar-refractivity contribution in [1.29, 1.82) is 5.41 Å². The summed E-state index contributed by atoms with van der Waals surface area (Å²) < 4.78 is 19.8. The molecule has 0 aliphatic rings. The minimum atomic E-state index is -0.387. The Balaban J connectivity index is 2.22. The van der Waals surface area contributed by atoms with Gasteiger partial charge in [-0.25, -0.2) is 4.79 Å². The van der Waals surface area contributed by atoms with E-state index in [1.165, 1.54) is 11.8 Å². The van der Waals surface area contributed by atoms with E-state index in [2.05, 4.69) is 9.71 Å². The third kappa shape index (κ3) is 4.29. The Bertz CT molecular complexity index is 719. The van der Waals surface area contributed by atoms with Crippen molar-refractivity contribution in [2.24, 2.45) is 0 Å². The second-order valence-corrected chi connectivity index (χ2v) is 6.04. The third-order valence-corrected chi connectivity index (χ3v) is 4.45. The molecule has 0 atom stereocenters. The highest BCUT2D eigenvalue weighted by atomic mass is 32.2. The zero-order chi connectivity index (χ0) is 16.8. The van der Waals surface area contributed by atoms with Crippen LogP contribution in [0.4, 0.5) is 9.57 Å². The van der Waals surface area contributed by atoms with Gasteiger partial charge in [0.2, 0.25) is 0 Å². The van der Waals surface area contributed by atoms with Crippen LogP contribution in [0.25, 0.3) is 0 Å². The van der Waals surface area contributed by atoms with Gasteiger partial charge in [-0.15, -0.1) is 3.89 Å². The van der Waals surface area contributed by atoms with E-state index in [4.69, 9.17) is 10.1 Å². The number of carbonyl (C=O) groups is 1. The van der Waals surface area contributed by atoms with Crippen molar-refractivity contribution < 1.29 is 13.4 Å². The van der Waals surface area contributed by atoms with Crippen LogP contribution in [-0.4, -0.2) is 23.8 Å². The Morgan fingerprint density at radius 3 is 2.91 bits per heavy atom.